The number of halogens is 2. The summed E-state index contributed by atoms with van der Waals surface area (Å²) in [6.07, 6.45) is 6.94. The van der Waals surface area contributed by atoms with Gasteiger partial charge in [0.2, 0.25) is 0 Å². The van der Waals surface area contributed by atoms with Crippen molar-refractivity contribution in [3.63, 3.8) is 0 Å². The lowest BCUT2D eigenvalue weighted by Crippen LogP contribution is -2.32. The third kappa shape index (κ3) is 6.19. The van der Waals surface area contributed by atoms with Crippen LogP contribution in [-0.2, 0) is 9.84 Å². The molecule has 19 heavy (non-hydrogen) atoms. The molecule has 0 atom stereocenters. The molecule has 2 nitrogen and oxygen atoms in total. The molecule has 0 aliphatic heterocycles. The summed E-state index contributed by atoms with van der Waals surface area (Å²) >= 11 is 0. The minimum atomic E-state index is -3.66. The van der Waals surface area contributed by atoms with Crippen LogP contribution in [0.2, 0.25) is 0 Å². The Morgan fingerprint density at radius 2 is 1.74 bits per heavy atom. The molecule has 0 aromatic rings. The Kier molecular flexibility index (Phi) is 6.21. The molecule has 0 unspecified atom stereocenters. The number of rotatable bonds is 7. The molecule has 1 rings (SSSR count). The smallest absolute Gasteiger partial charge is 0.228 e. The maximum Gasteiger partial charge on any atom is 0.261 e. The Hall–Kier alpha value is -0.190. The van der Waals surface area contributed by atoms with Crippen LogP contribution >= 0.6 is 0 Å². The fourth-order valence-corrected chi connectivity index (χ4v) is 3.72. The van der Waals surface area contributed by atoms with Crippen molar-refractivity contribution in [1.29, 1.82) is 0 Å². The van der Waals surface area contributed by atoms with Gasteiger partial charge >= 0.3 is 0 Å². The first-order valence-corrected chi connectivity index (χ1v) is 9.04. The van der Waals surface area contributed by atoms with Gasteiger partial charge in [-0.25, -0.2) is 17.2 Å². The first-order chi connectivity index (χ1) is 8.73. The van der Waals surface area contributed by atoms with Crippen LogP contribution in [0, 0.1) is 5.92 Å². The van der Waals surface area contributed by atoms with Gasteiger partial charge in [0.15, 0.2) is 9.84 Å². The predicted octanol–water partition coefficient (Wildman–Crippen LogP) is 4.20. The Morgan fingerprint density at radius 1 is 1.16 bits per heavy atom. The van der Waals surface area contributed by atoms with Gasteiger partial charge < -0.3 is 0 Å². The highest BCUT2D eigenvalue weighted by atomic mass is 32.2. The number of hydrogen-bond acceptors (Lipinski definition) is 2. The zero-order valence-corrected chi connectivity index (χ0v) is 12.8. The van der Waals surface area contributed by atoms with Crippen LogP contribution in [0.1, 0.15) is 65.2 Å². The summed E-state index contributed by atoms with van der Waals surface area (Å²) in [5.74, 6) is -3.49. The van der Waals surface area contributed by atoms with Crippen molar-refractivity contribution in [3.05, 3.63) is 0 Å². The topological polar surface area (TPSA) is 34.1 Å². The van der Waals surface area contributed by atoms with Crippen molar-refractivity contribution >= 4 is 9.84 Å². The SMILES string of the molecule is CC(C)S(=O)(=O)CC(F)(F)CCCC1CCCCC1. The Morgan fingerprint density at radius 3 is 2.26 bits per heavy atom. The second kappa shape index (κ2) is 7.00. The standard InChI is InChI=1S/C14H26F2O2S/c1-12(2)19(17,18)11-14(15,16)10-6-9-13-7-4-3-5-8-13/h12-13H,3-11H2,1-2H3. The molecule has 5 heteroatoms. The molecule has 0 saturated heterocycles. The molecule has 0 radical (unpaired) electrons. The second-order valence-electron chi connectivity index (χ2n) is 6.11. The highest BCUT2D eigenvalue weighted by Gasteiger charge is 2.36. The Labute approximate surface area is 115 Å². The van der Waals surface area contributed by atoms with Crippen molar-refractivity contribution in [3.8, 4) is 0 Å². The quantitative estimate of drug-likeness (QED) is 0.705. The van der Waals surface area contributed by atoms with Crippen LogP contribution in [0.4, 0.5) is 8.78 Å². The molecule has 0 N–H and O–H groups in total. The highest BCUT2D eigenvalue weighted by molar-refractivity contribution is 7.92. The fraction of sp³-hybridized carbons (Fsp3) is 1.00. The third-order valence-corrected chi connectivity index (χ3v) is 6.27. The molecule has 1 saturated carbocycles. The van der Waals surface area contributed by atoms with E-state index in [4.69, 9.17) is 0 Å². The lowest BCUT2D eigenvalue weighted by Gasteiger charge is -2.23. The fourth-order valence-electron chi connectivity index (χ4n) is 2.66. The van der Waals surface area contributed by atoms with E-state index < -0.39 is 26.8 Å². The van der Waals surface area contributed by atoms with Gasteiger partial charge in [0, 0.05) is 6.42 Å². The molecule has 0 bridgehead atoms. The van der Waals surface area contributed by atoms with Crippen LogP contribution in [-0.4, -0.2) is 25.3 Å². The van der Waals surface area contributed by atoms with Crippen LogP contribution in [0.3, 0.4) is 0 Å². The van der Waals surface area contributed by atoms with Crippen molar-refractivity contribution in [2.45, 2.75) is 76.4 Å². The zero-order valence-electron chi connectivity index (χ0n) is 12.0. The minimum absolute atomic E-state index is 0.296. The first-order valence-electron chi connectivity index (χ1n) is 7.32. The van der Waals surface area contributed by atoms with Crippen molar-refractivity contribution < 1.29 is 17.2 Å². The molecule has 0 aromatic carbocycles. The van der Waals surface area contributed by atoms with Crippen molar-refractivity contribution in [1.82, 2.24) is 0 Å². The zero-order chi connectivity index (χ0) is 14.5. The summed E-state index contributed by atoms with van der Waals surface area (Å²) in [7, 11) is -3.66. The molecular formula is C14H26F2O2S. The van der Waals surface area contributed by atoms with Gasteiger partial charge in [0.25, 0.3) is 5.92 Å². The van der Waals surface area contributed by atoms with Crippen LogP contribution in [0.5, 0.6) is 0 Å². The van der Waals surface area contributed by atoms with E-state index in [2.05, 4.69) is 0 Å². The van der Waals surface area contributed by atoms with Gasteiger partial charge in [-0.2, -0.15) is 0 Å². The van der Waals surface area contributed by atoms with Gasteiger partial charge in [0.05, 0.1) is 5.25 Å². The van der Waals surface area contributed by atoms with Gasteiger partial charge in [-0.05, 0) is 26.2 Å². The van der Waals surface area contributed by atoms with E-state index in [1.807, 2.05) is 0 Å². The summed E-state index contributed by atoms with van der Waals surface area (Å²) < 4.78 is 50.4. The summed E-state index contributed by atoms with van der Waals surface area (Å²) in [4.78, 5) is 0. The summed E-state index contributed by atoms with van der Waals surface area (Å²) in [6, 6.07) is 0. The average Bonchev–Trinajstić information content (AvgIpc) is 2.28. The van der Waals surface area contributed by atoms with E-state index >= 15 is 0 Å². The summed E-state index contributed by atoms with van der Waals surface area (Å²) in [5.41, 5.74) is 0. The number of sulfone groups is 1. The largest absolute Gasteiger partial charge is 0.261 e. The molecule has 0 amide bonds. The lowest BCUT2D eigenvalue weighted by molar-refractivity contribution is 0.0125. The third-order valence-electron chi connectivity index (χ3n) is 4.01. The molecule has 0 spiro atoms. The van der Waals surface area contributed by atoms with E-state index in [1.54, 1.807) is 0 Å². The van der Waals surface area contributed by atoms with Crippen LogP contribution < -0.4 is 0 Å². The monoisotopic (exact) mass is 296 g/mol. The molecule has 0 heterocycles. The molecule has 0 aromatic heterocycles. The molecule has 114 valence electrons. The predicted molar refractivity (Wildman–Crippen MR) is 74.3 cm³/mol. The molecule has 1 aliphatic rings. The van der Waals surface area contributed by atoms with Gasteiger partial charge in [-0.1, -0.05) is 38.5 Å². The molecule has 1 aliphatic carbocycles. The average molecular weight is 296 g/mol. The van der Waals surface area contributed by atoms with E-state index in [-0.39, 0.29) is 6.42 Å². The van der Waals surface area contributed by atoms with Crippen molar-refractivity contribution in [2.75, 3.05) is 5.75 Å². The maximum absolute atomic E-state index is 13.7. The highest BCUT2D eigenvalue weighted by Crippen LogP contribution is 2.31. The minimum Gasteiger partial charge on any atom is -0.228 e. The van der Waals surface area contributed by atoms with Crippen LogP contribution in [0.25, 0.3) is 0 Å². The Bertz CT molecular complexity index is 358. The molecule has 1 fully saturated rings. The van der Waals surface area contributed by atoms with E-state index in [9.17, 15) is 17.2 Å². The lowest BCUT2D eigenvalue weighted by atomic mass is 9.85. The first kappa shape index (κ1) is 16.9. The second-order valence-corrected chi connectivity index (χ2v) is 8.67. The maximum atomic E-state index is 13.7. The van der Waals surface area contributed by atoms with E-state index in [0.717, 1.165) is 19.3 Å². The van der Waals surface area contributed by atoms with Crippen LogP contribution in [0.15, 0.2) is 0 Å². The van der Waals surface area contributed by atoms with Gasteiger partial charge in [-0.15, -0.1) is 0 Å². The number of hydrogen-bond donors (Lipinski definition) is 0. The van der Waals surface area contributed by atoms with E-state index in [0.29, 0.717) is 12.3 Å². The Balaban J connectivity index is 2.33. The van der Waals surface area contributed by atoms with Crippen molar-refractivity contribution in [2.24, 2.45) is 5.92 Å². The van der Waals surface area contributed by atoms with Gasteiger partial charge in [-0.3, -0.25) is 0 Å². The summed E-state index contributed by atoms with van der Waals surface area (Å²) in [5, 5.41) is -0.725. The molecular weight excluding hydrogens is 270 g/mol. The van der Waals surface area contributed by atoms with E-state index in [1.165, 1.54) is 33.1 Å². The number of alkyl halides is 2. The van der Waals surface area contributed by atoms with Gasteiger partial charge in [0.1, 0.15) is 5.75 Å². The normalized spacial score (nSPS) is 19.0. The summed E-state index contributed by atoms with van der Waals surface area (Å²) in [6.45, 7) is 2.90.